The molecule has 1 heterocycles. The minimum absolute atomic E-state index is 0.411. The van der Waals surface area contributed by atoms with E-state index in [1.54, 1.807) is 24.3 Å². The second kappa shape index (κ2) is 5.63. The molecule has 0 spiro atoms. The van der Waals surface area contributed by atoms with E-state index in [0.29, 0.717) is 11.4 Å². The van der Waals surface area contributed by atoms with Crippen molar-refractivity contribution in [2.24, 2.45) is 0 Å². The number of hydrogen-bond donors (Lipinski definition) is 2. The lowest BCUT2D eigenvalue weighted by Crippen LogP contribution is -2.33. The molecule has 0 aliphatic carbocycles. The second-order valence-corrected chi connectivity index (χ2v) is 3.46. The first-order chi connectivity index (χ1) is 9.20. The minimum atomic E-state index is -0.842. The zero-order chi connectivity index (χ0) is 13.7. The maximum absolute atomic E-state index is 11.7. The molecule has 98 valence electrons. The summed E-state index contributed by atoms with van der Waals surface area (Å²) in [5.41, 5.74) is 2.69. The van der Waals surface area contributed by atoms with Crippen LogP contribution in [0.25, 0.3) is 0 Å². The van der Waals surface area contributed by atoms with E-state index < -0.39 is 11.8 Å². The van der Waals surface area contributed by atoms with Gasteiger partial charge in [-0.1, -0.05) is 12.1 Å². The molecule has 0 saturated carbocycles. The zero-order valence-electron chi connectivity index (χ0n) is 10.0. The van der Waals surface area contributed by atoms with E-state index in [1.807, 2.05) is 0 Å². The summed E-state index contributed by atoms with van der Waals surface area (Å²) in [6.45, 7) is 0. The number of amides is 2. The number of nitrogens with zero attached hydrogens (tertiary/aromatic N) is 3. The Morgan fingerprint density at radius 3 is 2.53 bits per heavy atom. The maximum Gasteiger partial charge on any atom is 0.328 e. The SMILES string of the molecule is COc1ccccc1NC(=O)C(=O)Nn1cnnc1. The molecule has 0 radical (unpaired) electrons. The lowest BCUT2D eigenvalue weighted by Gasteiger charge is -2.09. The van der Waals surface area contributed by atoms with Crippen molar-refractivity contribution in [3.05, 3.63) is 36.9 Å². The number of benzene rings is 1. The van der Waals surface area contributed by atoms with Gasteiger partial charge in [-0.05, 0) is 12.1 Å². The number of para-hydroxylation sites is 2. The number of rotatable bonds is 3. The fourth-order valence-corrected chi connectivity index (χ4v) is 1.35. The first-order valence-electron chi connectivity index (χ1n) is 5.30. The van der Waals surface area contributed by atoms with E-state index >= 15 is 0 Å². The van der Waals surface area contributed by atoms with Gasteiger partial charge >= 0.3 is 11.8 Å². The lowest BCUT2D eigenvalue weighted by atomic mass is 10.3. The summed E-state index contributed by atoms with van der Waals surface area (Å²) >= 11 is 0. The third kappa shape index (κ3) is 3.06. The number of carbonyl (C=O) groups excluding carboxylic acids is 2. The Kier molecular flexibility index (Phi) is 3.72. The van der Waals surface area contributed by atoms with Crippen LogP contribution in [0.2, 0.25) is 0 Å². The molecule has 8 nitrogen and oxygen atoms in total. The van der Waals surface area contributed by atoms with E-state index in [9.17, 15) is 9.59 Å². The molecule has 0 aliphatic rings. The molecule has 2 N–H and O–H groups in total. The summed E-state index contributed by atoms with van der Waals surface area (Å²) in [7, 11) is 1.47. The third-order valence-electron chi connectivity index (χ3n) is 2.21. The lowest BCUT2D eigenvalue weighted by molar-refractivity contribution is -0.133. The number of methoxy groups -OCH3 is 1. The number of aromatic nitrogens is 3. The normalized spacial score (nSPS) is 9.74. The van der Waals surface area contributed by atoms with Gasteiger partial charge < -0.3 is 10.1 Å². The standard InChI is InChI=1S/C11H11N5O3/c1-19-9-5-3-2-4-8(9)14-10(17)11(18)15-16-6-12-13-7-16/h2-7H,1H3,(H,14,17)(H,15,18). The molecule has 2 aromatic rings. The summed E-state index contributed by atoms with van der Waals surface area (Å²) in [6.07, 6.45) is 2.52. The van der Waals surface area contributed by atoms with Crippen LogP contribution in [0, 0.1) is 0 Å². The summed E-state index contributed by atoms with van der Waals surface area (Å²) in [5.74, 6) is -1.20. The van der Waals surface area contributed by atoms with Crippen molar-refractivity contribution in [2.45, 2.75) is 0 Å². The van der Waals surface area contributed by atoms with E-state index in [0.717, 1.165) is 0 Å². The highest BCUT2D eigenvalue weighted by Gasteiger charge is 2.15. The molecule has 0 aliphatic heterocycles. The fourth-order valence-electron chi connectivity index (χ4n) is 1.35. The number of hydrogen-bond acceptors (Lipinski definition) is 5. The quantitative estimate of drug-likeness (QED) is 0.757. The van der Waals surface area contributed by atoms with Crippen molar-refractivity contribution >= 4 is 17.5 Å². The van der Waals surface area contributed by atoms with Gasteiger partial charge in [-0.25, -0.2) is 4.68 Å². The van der Waals surface area contributed by atoms with Crippen LogP contribution in [0.15, 0.2) is 36.9 Å². The summed E-state index contributed by atoms with van der Waals surface area (Å²) < 4.78 is 6.23. The molecular weight excluding hydrogens is 250 g/mol. The van der Waals surface area contributed by atoms with Crippen molar-refractivity contribution in [3.63, 3.8) is 0 Å². The Morgan fingerprint density at radius 2 is 1.84 bits per heavy atom. The topological polar surface area (TPSA) is 98.1 Å². The number of nitrogens with one attached hydrogen (secondary N) is 2. The van der Waals surface area contributed by atoms with Crippen molar-refractivity contribution in [1.82, 2.24) is 14.9 Å². The van der Waals surface area contributed by atoms with Crippen molar-refractivity contribution < 1.29 is 14.3 Å². The monoisotopic (exact) mass is 261 g/mol. The smallest absolute Gasteiger partial charge is 0.328 e. The summed E-state index contributed by atoms with van der Waals surface area (Å²) in [6, 6.07) is 6.78. The molecule has 19 heavy (non-hydrogen) atoms. The van der Waals surface area contributed by atoms with Crippen LogP contribution >= 0.6 is 0 Å². The highest BCUT2D eigenvalue weighted by Crippen LogP contribution is 2.22. The van der Waals surface area contributed by atoms with Crippen LogP contribution in [-0.4, -0.2) is 33.8 Å². The van der Waals surface area contributed by atoms with Gasteiger partial charge in [0.2, 0.25) is 0 Å². The molecule has 1 aromatic carbocycles. The van der Waals surface area contributed by atoms with Gasteiger partial charge in [0.1, 0.15) is 18.4 Å². The summed E-state index contributed by atoms with van der Waals surface area (Å²) in [5, 5.41) is 9.43. The van der Waals surface area contributed by atoms with Gasteiger partial charge in [-0.2, -0.15) is 0 Å². The molecule has 2 amide bonds. The van der Waals surface area contributed by atoms with Crippen LogP contribution < -0.4 is 15.5 Å². The van der Waals surface area contributed by atoms with Crippen LogP contribution in [0.3, 0.4) is 0 Å². The van der Waals surface area contributed by atoms with Crippen LogP contribution in [0.5, 0.6) is 5.75 Å². The predicted molar refractivity (Wildman–Crippen MR) is 66.0 cm³/mol. The Hall–Kier alpha value is -2.90. The van der Waals surface area contributed by atoms with E-state index in [2.05, 4.69) is 20.9 Å². The van der Waals surface area contributed by atoms with Crippen LogP contribution in [0.4, 0.5) is 5.69 Å². The van der Waals surface area contributed by atoms with Crippen molar-refractivity contribution in [1.29, 1.82) is 0 Å². The fraction of sp³-hybridized carbons (Fsp3) is 0.0909. The molecule has 0 unspecified atom stereocenters. The average molecular weight is 261 g/mol. The molecule has 0 bridgehead atoms. The van der Waals surface area contributed by atoms with Gasteiger partial charge in [0.25, 0.3) is 0 Å². The number of carbonyl (C=O) groups is 2. The van der Waals surface area contributed by atoms with E-state index in [4.69, 9.17) is 4.74 Å². The molecule has 2 rings (SSSR count). The molecule has 1 aromatic heterocycles. The molecule has 0 fully saturated rings. The third-order valence-corrected chi connectivity index (χ3v) is 2.21. The number of ether oxygens (including phenoxy) is 1. The molecule has 0 atom stereocenters. The molecule has 8 heteroatoms. The minimum Gasteiger partial charge on any atom is -0.495 e. The average Bonchev–Trinajstić information content (AvgIpc) is 2.92. The highest BCUT2D eigenvalue weighted by molar-refractivity contribution is 6.42. The Labute approximate surface area is 108 Å². The van der Waals surface area contributed by atoms with Gasteiger partial charge in [0, 0.05) is 0 Å². The Bertz CT molecular complexity index is 582. The van der Waals surface area contributed by atoms with E-state index in [1.165, 1.54) is 24.4 Å². The van der Waals surface area contributed by atoms with Gasteiger partial charge in [0.05, 0.1) is 12.8 Å². The predicted octanol–water partition coefficient (Wildman–Crippen LogP) is -0.00450. The summed E-state index contributed by atoms with van der Waals surface area (Å²) in [4.78, 5) is 23.2. The van der Waals surface area contributed by atoms with Gasteiger partial charge in [-0.3, -0.25) is 15.0 Å². The first-order valence-corrected chi connectivity index (χ1v) is 5.30. The Morgan fingerprint density at radius 1 is 1.16 bits per heavy atom. The van der Waals surface area contributed by atoms with Crippen LogP contribution in [-0.2, 0) is 9.59 Å². The zero-order valence-corrected chi connectivity index (χ0v) is 10.0. The number of anilines is 1. The second-order valence-electron chi connectivity index (χ2n) is 3.46. The van der Waals surface area contributed by atoms with Crippen LogP contribution in [0.1, 0.15) is 0 Å². The first kappa shape index (κ1) is 12.6. The highest BCUT2D eigenvalue weighted by atomic mass is 16.5. The van der Waals surface area contributed by atoms with Crippen molar-refractivity contribution in [3.8, 4) is 5.75 Å². The Balaban J connectivity index is 2.02. The van der Waals surface area contributed by atoms with Gasteiger partial charge in [0.15, 0.2) is 0 Å². The maximum atomic E-state index is 11.7. The largest absolute Gasteiger partial charge is 0.495 e. The van der Waals surface area contributed by atoms with E-state index in [-0.39, 0.29) is 0 Å². The van der Waals surface area contributed by atoms with Crippen molar-refractivity contribution in [2.75, 3.05) is 17.9 Å². The molecular formula is C11H11N5O3. The molecule has 0 saturated heterocycles. The van der Waals surface area contributed by atoms with Gasteiger partial charge in [-0.15, -0.1) is 10.2 Å².